The first-order chi connectivity index (χ1) is 10.0. The van der Waals surface area contributed by atoms with Crippen LogP contribution >= 0.6 is 0 Å². The van der Waals surface area contributed by atoms with Gasteiger partial charge in [-0.15, -0.1) is 0 Å². The molecule has 6 heteroatoms. The number of amides is 1. The molecule has 0 saturated carbocycles. The zero-order chi connectivity index (χ0) is 15.4. The molecule has 1 amide bonds. The number of rotatable bonds is 4. The van der Waals surface area contributed by atoms with Crippen LogP contribution in [0.15, 0.2) is 36.5 Å². The van der Waals surface area contributed by atoms with Crippen LogP contribution in [0.3, 0.4) is 0 Å². The molecular formula is C15H14N2O4. The lowest BCUT2D eigenvalue weighted by Gasteiger charge is -2.10. The van der Waals surface area contributed by atoms with E-state index in [0.717, 1.165) is 5.56 Å². The number of aryl methyl sites for hydroxylation is 1. The molecule has 2 aromatic rings. The highest BCUT2D eigenvalue weighted by Crippen LogP contribution is 2.21. The molecule has 1 aromatic carbocycles. The second-order valence-corrected chi connectivity index (χ2v) is 4.39. The molecule has 0 aliphatic rings. The standard InChI is InChI=1S/C15H14N2O4/c1-9-3-4-12(21-2)11(7-9)14(18)17-13-8-10(15(19)20)5-6-16-13/h3-8H,1-2H3,(H,19,20)(H,16,17,18). The summed E-state index contributed by atoms with van der Waals surface area (Å²) in [6.07, 6.45) is 1.33. The summed E-state index contributed by atoms with van der Waals surface area (Å²) in [7, 11) is 1.48. The van der Waals surface area contributed by atoms with Gasteiger partial charge in [0.05, 0.1) is 18.2 Å². The topological polar surface area (TPSA) is 88.5 Å². The average Bonchev–Trinajstić information content (AvgIpc) is 2.47. The van der Waals surface area contributed by atoms with E-state index in [4.69, 9.17) is 9.84 Å². The maximum atomic E-state index is 12.2. The Hall–Kier alpha value is -2.89. The second kappa shape index (κ2) is 6.04. The number of aromatic nitrogens is 1. The quantitative estimate of drug-likeness (QED) is 0.900. The Morgan fingerprint density at radius 1 is 1.24 bits per heavy atom. The van der Waals surface area contributed by atoms with Gasteiger partial charge >= 0.3 is 5.97 Å². The van der Waals surface area contributed by atoms with Gasteiger partial charge in [-0.1, -0.05) is 11.6 Å². The van der Waals surface area contributed by atoms with Crippen LogP contribution in [0.5, 0.6) is 5.75 Å². The maximum absolute atomic E-state index is 12.2. The van der Waals surface area contributed by atoms with Crippen molar-refractivity contribution >= 4 is 17.7 Å². The summed E-state index contributed by atoms with van der Waals surface area (Å²) in [5.74, 6) is -0.887. The molecule has 0 bridgehead atoms. The fraction of sp³-hybridized carbons (Fsp3) is 0.133. The molecule has 0 fully saturated rings. The maximum Gasteiger partial charge on any atom is 0.335 e. The van der Waals surface area contributed by atoms with Gasteiger partial charge in [0.2, 0.25) is 0 Å². The van der Waals surface area contributed by atoms with E-state index in [1.165, 1.54) is 25.4 Å². The third-order valence-corrected chi connectivity index (χ3v) is 2.85. The number of ether oxygens (including phenoxy) is 1. The van der Waals surface area contributed by atoms with E-state index in [1.54, 1.807) is 12.1 Å². The van der Waals surface area contributed by atoms with E-state index < -0.39 is 11.9 Å². The number of hydrogen-bond acceptors (Lipinski definition) is 4. The minimum atomic E-state index is -1.08. The zero-order valence-corrected chi connectivity index (χ0v) is 11.6. The highest BCUT2D eigenvalue weighted by molar-refractivity contribution is 6.06. The summed E-state index contributed by atoms with van der Waals surface area (Å²) in [4.78, 5) is 27.1. The molecular weight excluding hydrogens is 272 g/mol. The number of aromatic carboxylic acids is 1. The molecule has 108 valence electrons. The molecule has 2 rings (SSSR count). The van der Waals surface area contributed by atoms with Gasteiger partial charge in [0, 0.05) is 6.20 Å². The van der Waals surface area contributed by atoms with Gasteiger partial charge in [-0.2, -0.15) is 0 Å². The molecule has 0 aliphatic heterocycles. The van der Waals surface area contributed by atoms with Crippen LogP contribution in [0.25, 0.3) is 0 Å². The van der Waals surface area contributed by atoms with E-state index in [1.807, 2.05) is 13.0 Å². The number of anilines is 1. The minimum Gasteiger partial charge on any atom is -0.496 e. The molecule has 0 atom stereocenters. The van der Waals surface area contributed by atoms with Gasteiger partial charge in [0.25, 0.3) is 5.91 Å². The second-order valence-electron chi connectivity index (χ2n) is 4.39. The van der Waals surface area contributed by atoms with Crippen molar-refractivity contribution in [2.45, 2.75) is 6.92 Å². The Balaban J connectivity index is 2.28. The number of nitrogens with zero attached hydrogens (tertiary/aromatic N) is 1. The van der Waals surface area contributed by atoms with Gasteiger partial charge in [-0.05, 0) is 31.2 Å². The molecule has 0 unspecified atom stereocenters. The Bertz CT molecular complexity index is 698. The third-order valence-electron chi connectivity index (χ3n) is 2.85. The van der Waals surface area contributed by atoms with Gasteiger partial charge in [-0.3, -0.25) is 4.79 Å². The van der Waals surface area contributed by atoms with Crippen LogP contribution in [0.1, 0.15) is 26.3 Å². The number of carbonyl (C=O) groups excluding carboxylic acids is 1. The number of carbonyl (C=O) groups is 2. The predicted octanol–water partition coefficient (Wildman–Crippen LogP) is 2.35. The Morgan fingerprint density at radius 3 is 2.67 bits per heavy atom. The summed E-state index contributed by atoms with van der Waals surface area (Å²) < 4.78 is 5.15. The van der Waals surface area contributed by atoms with Gasteiger partial charge in [0.15, 0.2) is 0 Å². The Morgan fingerprint density at radius 2 is 2.00 bits per heavy atom. The van der Waals surface area contributed by atoms with Crippen LogP contribution in [-0.2, 0) is 0 Å². The van der Waals surface area contributed by atoms with E-state index in [2.05, 4.69) is 10.3 Å². The van der Waals surface area contributed by atoms with Gasteiger partial charge < -0.3 is 15.2 Å². The molecule has 2 N–H and O–H groups in total. The lowest BCUT2D eigenvalue weighted by atomic mass is 10.1. The molecule has 1 aromatic heterocycles. The highest BCUT2D eigenvalue weighted by Gasteiger charge is 2.14. The largest absolute Gasteiger partial charge is 0.496 e. The van der Waals surface area contributed by atoms with Crippen molar-refractivity contribution < 1.29 is 19.4 Å². The number of hydrogen-bond donors (Lipinski definition) is 2. The van der Waals surface area contributed by atoms with E-state index in [-0.39, 0.29) is 11.4 Å². The molecule has 0 radical (unpaired) electrons. The van der Waals surface area contributed by atoms with Crippen molar-refractivity contribution in [3.05, 3.63) is 53.2 Å². The van der Waals surface area contributed by atoms with Crippen molar-refractivity contribution in [3.63, 3.8) is 0 Å². The SMILES string of the molecule is COc1ccc(C)cc1C(=O)Nc1cc(C(=O)O)ccn1. The number of methoxy groups -OCH3 is 1. The van der Waals surface area contributed by atoms with Crippen molar-refractivity contribution in [2.24, 2.45) is 0 Å². The van der Waals surface area contributed by atoms with Crippen LogP contribution in [0.4, 0.5) is 5.82 Å². The summed E-state index contributed by atoms with van der Waals surface area (Å²) in [5, 5.41) is 11.5. The summed E-state index contributed by atoms with van der Waals surface area (Å²) in [6.45, 7) is 1.86. The normalized spacial score (nSPS) is 10.0. The minimum absolute atomic E-state index is 0.0523. The number of pyridine rings is 1. The van der Waals surface area contributed by atoms with E-state index in [9.17, 15) is 9.59 Å². The molecule has 21 heavy (non-hydrogen) atoms. The first kappa shape index (κ1) is 14.5. The van der Waals surface area contributed by atoms with Crippen LogP contribution in [0.2, 0.25) is 0 Å². The van der Waals surface area contributed by atoms with Crippen molar-refractivity contribution in [2.75, 3.05) is 12.4 Å². The predicted molar refractivity (Wildman–Crippen MR) is 76.9 cm³/mol. The van der Waals surface area contributed by atoms with Crippen LogP contribution in [-0.4, -0.2) is 29.1 Å². The van der Waals surface area contributed by atoms with E-state index >= 15 is 0 Å². The number of benzene rings is 1. The first-order valence-corrected chi connectivity index (χ1v) is 6.16. The monoisotopic (exact) mass is 286 g/mol. The number of carboxylic acids is 1. The highest BCUT2D eigenvalue weighted by atomic mass is 16.5. The number of carboxylic acid groups (broad SMARTS) is 1. The summed E-state index contributed by atoms with van der Waals surface area (Å²) >= 11 is 0. The van der Waals surface area contributed by atoms with Crippen LogP contribution < -0.4 is 10.1 Å². The lowest BCUT2D eigenvalue weighted by molar-refractivity contribution is 0.0696. The number of nitrogens with one attached hydrogen (secondary N) is 1. The Labute approximate surface area is 121 Å². The third kappa shape index (κ3) is 3.36. The Kier molecular flexibility index (Phi) is 4.18. The fourth-order valence-electron chi connectivity index (χ4n) is 1.81. The molecule has 1 heterocycles. The molecule has 0 saturated heterocycles. The van der Waals surface area contributed by atoms with E-state index in [0.29, 0.717) is 11.3 Å². The average molecular weight is 286 g/mol. The molecule has 6 nitrogen and oxygen atoms in total. The fourth-order valence-corrected chi connectivity index (χ4v) is 1.81. The summed E-state index contributed by atoms with van der Waals surface area (Å²) in [6, 6.07) is 7.87. The molecule has 0 spiro atoms. The van der Waals surface area contributed by atoms with Crippen molar-refractivity contribution in [1.29, 1.82) is 0 Å². The lowest BCUT2D eigenvalue weighted by Crippen LogP contribution is -2.15. The molecule has 0 aliphatic carbocycles. The van der Waals surface area contributed by atoms with Crippen molar-refractivity contribution in [3.8, 4) is 5.75 Å². The summed E-state index contributed by atoms with van der Waals surface area (Å²) in [5.41, 5.74) is 1.32. The zero-order valence-electron chi connectivity index (χ0n) is 11.6. The van der Waals surface area contributed by atoms with Gasteiger partial charge in [0.1, 0.15) is 11.6 Å². The smallest absolute Gasteiger partial charge is 0.335 e. The van der Waals surface area contributed by atoms with Gasteiger partial charge in [-0.25, -0.2) is 9.78 Å². The van der Waals surface area contributed by atoms with Crippen molar-refractivity contribution in [1.82, 2.24) is 4.98 Å². The first-order valence-electron chi connectivity index (χ1n) is 6.16. The van der Waals surface area contributed by atoms with Crippen LogP contribution in [0, 0.1) is 6.92 Å².